The van der Waals surface area contributed by atoms with Gasteiger partial charge in [-0.1, -0.05) is 18.7 Å². The molecule has 0 saturated carbocycles. The summed E-state index contributed by atoms with van der Waals surface area (Å²) >= 11 is 0. The minimum absolute atomic E-state index is 0.0327. The lowest BCUT2D eigenvalue weighted by molar-refractivity contribution is -0.130. The number of aryl methyl sites for hydroxylation is 1. The van der Waals surface area contributed by atoms with Gasteiger partial charge in [0.25, 0.3) is 5.91 Å². The van der Waals surface area contributed by atoms with Gasteiger partial charge in [0, 0.05) is 43.3 Å². The Labute approximate surface area is 207 Å². The van der Waals surface area contributed by atoms with E-state index in [1.807, 2.05) is 38.7 Å². The molecule has 1 heterocycles. The molecule has 2 atom stereocenters. The third-order valence-electron chi connectivity index (χ3n) is 6.04. The van der Waals surface area contributed by atoms with Crippen LogP contribution in [0.25, 0.3) is 0 Å². The third kappa shape index (κ3) is 7.15. The van der Waals surface area contributed by atoms with Gasteiger partial charge in [-0.2, -0.15) is 0 Å². The molecule has 0 bridgehead atoms. The predicted molar refractivity (Wildman–Crippen MR) is 136 cm³/mol. The Morgan fingerprint density at radius 2 is 1.89 bits per heavy atom. The number of amides is 2. The molecule has 1 aliphatic heterocycles. The minimum Gasteiger partial charge on any atom is -0.484 e. The highest BCUT2D eigenvalue weighted by atomic mass is 19.1. The van der Waals surface area contributed by atoms with Crippen molar-refractivity contribution in [1.82, 2.24) is 15.1 Å². The van der Waals surface area contributed by atoms with Crippen LogP contribution in [-0.4, -0.2) is 59.4 Å². The van der Waals surface area contributed by atoms with Crippen LogP contribution in [0, 0.1) is 12.7 Å². The molecule has 2 amide bonds. The number of carbonyl (C=O) groups is 2. The van der Waals surface area contributed by atoms with Gasteiger partial charge in [0.15, 0.2) is 0 Å². The molecule has 0 aliphatic carbocycles. The van der Waals surface area contributed by atoms with Gasteiger partial charge >= 0.3 is 0 Å². The number of piperazine rings is 1. The number of nitrogens with one attached hydrogen (secondary N) is 1. The lowest BCUT2D eigenvalue weighted by Gasteiger charge is -2.40. The monoisotopic (exact) mass is 481 g/mol. The quantitative estimate of drug-likeness (QED) is 0.592. The van der Waals surface area contributed by atoms with Crippen LogP contribution >= 0.6 is 0 Å². The molecule has 1 aliphatic rings. The molecule has 3 rings (SSSR count). The Bertz CT molecular complexity index is 1060. The molecule has 1 unspecified atom stereocenters. The van der Waals surface area contributed by atoms with Gasteiger partial charge < -0.3 is 15.0 Å². The highest BCUT2D eigenvalue weighted by Crippen LogP contribution is 2.26. The Morgan fingerprint density at radius 1 is 1.20 bits per heavy atom. The maximum atomic E-state index is 14.4. The van der Waals surface area contributed by atoms with E-state index in [0.717, 1.165) is 5.56 Å². The van der Waals surface area contributed by atoms with Crippen molar-refractivity contribution < 1.29 is 18.7 Å². The van der Waals surface area contributed by atoms with Gasteiger partial charge in [0.2, 0.25) is 5.91 Å². The standard InChI is InChI=1S/C28H36FN3O3/c1-7-26(33)32-15-14-31(17-20(32)3)18-25(22-9-8-19(2)24(29)16-22)35-23-12-10-21(11-13-23)27(34)30-28(4,5)6/h7-13,16,20,25H,1,14-15,17-18H2,2-6H3,(H,30,34)/t20-,25?/m1/s1. The van der Waals surface area contributed by atoms with Crippen molar-refractivity contribution in [2.24, 2.45) is 0 Å². The molecule has 0 aromatic heterocycles. The maximum absolute atomic E-state index is 14.4. The fourth-order valence-corrected chi connectivity index (χ4v) is 4.16. The molecule has 1 N–H and O–H groups in total. The van der Waals surface area contributed by atoms with Gasteiger partial charge in [-0.15, -0.1) is 0 Å². The normalized spacial score (nSPS) is 17.5. The van der Waals surface area contributed by atoms with E-state index in [-0.39, 0.29) is 29.2 Å². The Hall–Kier alpha value is -3.19. The molecule has 188 valence electrons. The van der Waals surface area contributed by atoms with Gasteiger partial charge in [-0.05, 0) is 82.2 Å². The minimum atomic E-state index is -0.423. The third-order valence-corrected chi connectivity index (χ3v) is 6.04. The van der Waals surface area contributed by atoms with Crippen LogP contribution in [0.2, 0.25) is 0 Å². The largest absolute Gasteiger partial charge is 0.484 e. The van der Waals surface area contributed by atoms with Crippen LogP contribution in [0.3, 0.4) is 0 Å². The van der Waals surface area contributed by atoms with Crippen molar-refractivity contribution in [3.05, 3.63) is 77.6 Å². The summed E-state index contributed by atoms with van der Waals surface area (Å²) in [5, 5.41) is 2.94. The zero-order valence-electron chi connectivity index (χ0n) is 21.3. The topological polar surface area (TPSA) is 61.9 Å². The van der Waals surface area contributed by atoms with Gasteiger partial charge in [0.05, 0.1) is 0 Å². The van der Waals surface area contributed by atoms with Crippen molar-refractivity contribution in [1.29, 1.82) is 0 Å². The summed E-state index contributed by atoms with van der Waals surface area (Å²) in [6, 6.07) is 12.2. The first-order chi connectivity index (χ1) is 16.5. The van der Waals surface area contributed by atoms with E-state index in [2.05, 4.69) is 16.8 Å². The maximum Gasteiger partial charge on any atom is 0.251 e. The van der Waals surface area contributed by atoms with Crippen molar-refractivity contribution >= 4 is 11.8 Å². The van der Waals surface area contributed by atoms with Crippen LogP contribution in [0.15, 0.2) is 55.1 Å². The SMILES string of the molecule is C=CC(=O)N1CCN(CC(Oc2ccc(C(=O)NC(C)(C)C)cc2)c2ccc(C)c(F)c2)C[C@H]1C. The number of rotatable bonds is 7. The molecule has 2 aromatic carbocycles. The number of ether oxygens (including phenoxy) is 1. The fraction of sp³-hybridized carbons (Fsp3) is 0.429. The number of hydrogen-bond acceptors (Lipinski definition) is 4. The highest BCUT2D eigenvalue weighted by molar-refractivity contribution is 5.94. The molecule has 0 spiro atoms. The zero-order valence-corrected chi connectivity index (χ0v) is 21.3. The summed E-state index contributed by atoms with van der Waals surface area (Å²) in [6.07, 6.45) is 0.923. The van der Waals surface area contributed by atoms with Crippen molar-refractivity contribution in [3.63, 3.8) is 0 Å². The van der Waals surface area contributed by atoms with Crippen LogP contribution in [0.5, 0.6) is 5.75 Å². The van der Waals surface area contributed by atoms with E-state index in [1.54, 1.807) is 37.3 Å². The molecule has 6 nitrogen and oxygen atoms in total. The first-order valence-electron chi connectivity index (χ1n) is 12.0. The van der Waals surface area contributed by atoms with Crippen LogP contribution in [0.4, 0.5) is 4.39 Å². The van der Waals surface area contributed by atoms with Gasteiger partial charge in [-0.3, -0.25) is 14.5 Å². The summed E-state index contributed by atoms with van der Waals surface area (Å²) in [5.74, 6) is 0.0974. The van der Waals surface area contributed by atoms with E-state index in [1.165, 1.54) is 12.1 Å². The van der Waals surface area contributed by atoms with E-state index in [4.69, 9.17) is 4.74 Å². The van der Waals surface area contributed by atoms with E-state index in [9.17, 15) is 14.0 Å². The van der Waals surface area contributed by atoms with E-state index < -0.39 is 6.10 Å². The summed E-state index contributed by atoms with van der Waals surface area (Å²) in [7, 11) is 0. The number of halogens is 1. The summed E-state index contributed by atoms with van der Waals surface area (Å²) < 4.78 is 20.7. The smallest absolute Gasteiger partial charge is 0.251 e. The molecule has 7 heteroatoms. The number of hydrogen-bond donors (Lipinski definition) is 1. The second-order valence-corrected chi connectivity index (χ2v) is 10.2. The number of carbonyl (C=O) groups excluding carboxylic acids is 2. The lowest BCUT2D eigenvalue weighted by atomic mass is 10.0. The summed E-state index contributed by atoms with van der Waals surface area (Å²) in [4.78, 5) is 28.6. The Kier molecular flexibility index (Phi) is 8.33. The van der Waals surface area contributed by atoms with Gasteiger partial charge in [-0.25, -0.2) is 4.39 Å². The van der Waals surface area contributed by atoms with Crippen LogP contribution in [-0.2, 0) is 4.79 Å². The summed E-state index contributed by atoms with van der Waals surface area (Å²) in [5.41, 5.74) is 1.53. The van der Waals surface area contributed by atoms with E-state index in [0.29, 0.717) is 43.1 Å². The second kappa shape index (κ2) is 11.0. The molecular formula is C28H36FN3O3. The molecule has 2 aromatic rings. The number of benzene rings is 2. The molecule has 1 fully saturated rings. The van der Waals surface area contributed by atoms with Crippen molar-refractivity contribution in [2.45, 2.75) is 52.3 Å². The molecule has 35 heavy (non-hydrogen) atoms. The first-order valence-corrected chi connectivity index (χ1v) is 12.0. The molecule has 1 saturated heterocycles. The average Bonchev–Trinajstić information content (AvgIpc) is 2.79. The highest BCUT2D eigenvalue weighted by Gasteiger charge is 2.28. The molecular weight excluding hydrogens is 445 g/mol. The molecule has 0 radical (unpaired) electrons. The lowest BCUT2D eigenvalue weighted by Crippen LogP contribution is -2.54. The summed E-state index contributed by atoms with van der Waals surface area (Å²) in [6.45, 7) is 15.6. The van der Waals surface area contributed by atoms with E-state index >= 15 is 0 Å². The first kappa shape index (κ1) is 26.4. The van der Waals surface area contributed by atoms with Crippen LogP contribution in [0.1, 0.15) is 55.3 Å². The van der Waals surface area contributed by atoms with Gasteiger partial charge in [0.1, 0.15) is 17.7 Å². The van der Waals surface area contributed by atoms with Crippen molar-refractivity contribution in [3.8, 4) is 5.75 Å². The zero-order chi connectivity index (χ0) is 25.8. The van der Waals surface area contributed by atoms with Crippen molar-refractivity contribution in [2.75, 3.05) is 26.2 Å². The fourth-order valence-electron chi connectivity index (χ4n) is 4.16. The number of nitrogens with zero attached hydrogens (tertiary/aromatic N) is 2. The van der Waals surface area contributed by atoms with Crippen LogP contribution < -0.4 is 10.1 Å². The Balaban J connectivity index is 1.77. The second-order valence-electron chi connectivity index (χ2n) is 10.2. The Morgan fingerprint density at radius 3 is 2.46 bits per heavy atom. The predicted octanol–water partition coefficient (Wildman–Crippen LogP) is 4.50. The average molecular weight is 482 g/mol.